The van der Waals surface area contributed by atoms with Crippen molar-refractivity contribution in [3.8, 4) is 5.75 Å². The molecule has 0 aliphatic carbocycles. The summed E-state index contributed by atoms with van der Waals surface area (Å²) >= 11 is 0. The van der Waals surface area contributed by atoms with Gasteiger partial charge in [0.1, 0.15) is 5.75 Å². The molecule has 0 unspecified atom stereocenters. The monoisotopic (exact) mass is 357 g/mol. The van der Waals surface area contributed by atoms with Crippen LogP contribution in [0.1, 0.15) is 16.7 Å². The fraction of sp³-hybridized carbons (Fsp3) is 0.316. The summed E-state index contributed by atoms with van der Waals surface area (Å²) in [7, 11) is 3.27. The van der Waals surface area contributed by atoms with Crippen LogP contribution in [0.3, 0.4) is 0 Å². The number of aryl methyl sites for hydroxylation is 2. The number of methoxy groups -OCH3 is 1. The van der Waals surface area contributed by atoms with Gasteiger partial charge < -0.3 is 10.1 Å². The van der Waals surface area contributed by atoms with E-state index in [-0.39, 0.29) is 23.9 Å². The highest BCUT2D eigenvalue weighted by Crippen LogP contribution is 2.28. The molecule has 0 bridgehead atoms. The van der Waals surface area contributed by atoms with Crippen molar-refractivity contribution in [2.45, 2.75) is 20.4 Å². The highest BCUT2D eigenvalue weighted by atomic mass is 16.6. The summed E-state index contributed by atoms with van der Waals surface area (Å²) < 4.78 is 5.13. The molecule has 138 valence electrons. The molecule has 0 spiro atoms. The predicted octanol–water partition coefficient (Wildman–Crippen LogP) is 3.29. The Kier molecular flexibility index (Phi) is 6.30. The Labute approximate surface area is 152 Å². The first-order valence-corrected chi connectivity index (χ1v) is 8.17. The van der Waals surface area contributed by atoms with Crippen LogP contribution in [0.5, 0.6) is 5.75 Å². The van der Waals surface area contributed by atoms with E-state index in [0.717, 1.165) is 0 Å². The minimum absolute atomic E-state index is 0.0909. The van der Waals surface area contributed by atoms with Crippen LogP contribution in [0.4, 0.5) is 11.4 Å². The number of amides is 1. The minimum atomic E-state index is -0.508. The van der Waals surface area contributed by atoms with E-state index in [1.165, 1.54) is 42.0 Å². The second-order valence-electron chi connectivity index (χ2n) is 6.29. The number of rotatable bonds is 7. The van der Waals surface area contributed by atoms with Gasteiger partial charge in [-0.05, 0) is 38.1 Å². The van der Waals surface area contributed by atoms with Gasteiger partial charge in [0.15, 0.2) is 0 Å². The average Bonchev–Trinajstić information content (AvgIpc) is 2.57. The average molecular weight is 357 g/mol. The zero-order valence-corrected chi connectivity index (χ0v) is 15.4. The Morgan fingerprint density at radius 2 is 1.96 bits per heavy atom. The van der Waals surface area contributed by atoms with Crippen molar-refractivity contribution < 1.29 is 14.5 Å². The molecular formula is C19H23N3O4. The SMILES string of the molecule is COc1cc([N+](=O)[O-])ccc1NC(=O)CN(C)Cc1ccc(C)cc1C. The van der Waals surface area contributed by atoms with E-state index in [4.69, 9.17) is 4.74 Å². The van der Waals surface area contributed by atoms with Crippen molar-refractivity contribution in [3.05, 3.63) is 63.2 Å². The molecule has 1 amide bonds. The lowest BCUT2D eigenvalue weighted by Crippen LogP contribution is -2.30. The molecule has 0 heterocycles. The molecule has 0 saturated carbocycles. The third-order valence-corrected chi connectivity index (χ3v) is 4.02. The number of nitro groups is 1. The van der Waals surface area contributed by atoms with Crippen LogP contribution in [-0.4, -0.2) is 36.4 Å². The molecular weight excluding hydrogens is 334 g/mol. The number of ether oxygens (including phenoxy) is 1. The molecule has 0 saturated heterocycles. The molecule has 7 heteroatoms. The molecule has 2 aromatic carbocycles. The van der Waals surface area contributed by atoms with Crippen LogP contribution >= 0.6 is 0 Å². The van der Waals surface area contributed by atoms with Crippen molar-refractivity contribution in [2.75, 3.05) is 26.0 Å². The molecule has 0 radical (unpaired) electrons. The quantitative estimate of drug-likeness (QED) is 0.607. The lowest BCUT2D eigenvalue weighted by molar-refractivity contribution is -0.384. The fourth-order valence-electron chi connectivity index (χ4n) is 2.70. The number of hydrogen-bond donors (Lipinski definition) is 1. The number of hydrogen-bond acceptors (Lipinski definition) is 5. The van der Waals surface area contributed by atoms with Crippen molar-refractivity contribution in [2.24, 2.45) is 0 Å². The van der Waals surface area contributed by atoms with E-state index in [9.17, 15) is 14.9 Å². The van der Waals surface area contributed by atoms with E-state index in [1.54, 1.807) is 0 Å². The first-order chi connectivity index (χ1) is 12.3. The smallest absolute Gasteiger partial charge is 0.273 e. The van der Waals surface area contributed by atoms with Gasteiger partial charge in [-0.1, -0.05) is 23.8 Å². The summed E-state index contributed by atoms with van der Waals surface area (Å²) in [4.78, 5) is 24.5. The summed E-state index contributed by atoms with van der Waals surface area (Å²) in [5, 5.41) is 13.6. The molecule has 0 fully saturated rings. The molecule has 0 aromatic heterocycles. The van der Waals surface area contributed by atoms with Gasteiger partial charge in [0.05, 0.1) is 30.3 Å². The first-order valence-electron chi connectivity index (χ1n) is 8.17. The Bertz CT molecular complexity index is 820. The Morgan fingerprint density at radius 1 is 1.23 bits per heavy atom. The third kappa shape index (κ3) is 5.03. The van der Waals surface area contributed by atoms with Gasteiger partial charge in [-0.2, -0.15) is 0 Å². The number of carbonyl (C=O) groups is 1. The summed E-state index contributed by atoms with van der Waals surface area (Å²) in [6.45, 7) is 4.94. The summed E-state index contributed by atoms with van der Waals surface area (Å²) in [6, 6.07) is 10.3. The van der Waals surface area contributed by atoms with Gasteiger partial charge >= 0.3 is 0 Å². The van der Waals surface area contributed by atoms with E-state index < -0.39 is 4.92 Å². The molecule has 2 aromatic rings. The number of nitrogens with one attached hydrogen (secondary N) is 1. The number of nitro benzene ring substituents is 1. The number of non-ortho nitro benzene ring substituents is 1. The number of likely N-dealkylation sites (N-methyl/N-ethyl adjacent to an activating group) is 1. The second-order valence-corrected chi connectivity index (χ2v) is 6.29. The maximum absolute atomic E-state index is 12.3. The maximum atomic E-state index is 12.3. The van der Waals surface area contributed by atoms with Crippen molar-refractivity contribution in [1.82, 2.24) is 4.90 Å². The van der Waals surface area contributed by atoms with Crippen molar-refractivity contribution in [3.63, 3.8) is 0 Å². The lowest BCUT2D eigenvalue weighted by atomic mass is 10.1. The van der Waals surface area contributed by atoms with E-state index in [1.807, 2.05) is 18.9 Å². The zero-order chi connectivity index (χ0) is 19.3. The van der Waals surface area contributed by atoms with Crippen LogP contribution in [0.25, 0.3) is 0 Å². The Hall–Kier alpha value is -2.93. The largest absolute Gasteiger partial charge is 0.494 e. The minimum Gasteiger partial charge on any atom is -0.494 e. The third-order valence-electron chi connectivity index (χ3n) is 4.02. The molecule has 0 aliphatic rings. The Balaban J connectivity index is 2.00. The van der Waals surface area contributed by atoms with Crippen LogP contribution in [0.15, 0.2) is 36.4 Å². The van der Waals surface area contributed by atoms with Crippen LogP contribution in [-0.2, 0) is 11.3 Å². The lowest BCUT2D eigenvalue weighted by Gasteiger charge is -2.18. The van der Waals surface area contributed by atoms with Gasteiger partial charge in [-0.25, -0.2) is 0 Å². The molecule has 1 N–H and O–H groups in total. The van der Waals surface area contributed by atoms with Gasteiger partial charge in [-0.15, -0.1) is 0 Å². The number of nitrogens with zero attached hydrogens (tertiary/aromatic N) is 2. The number of benzene rings is 2. The highest BCUT2D eigenvalue weighted by Gasteiger charge is 2.14. The van der Waals surface area contributed by atoms with E-state index in [0.29, 0.717) is 12.2 Å². The fourth-order valence-corrected chi connectivity index (χ4v) is 2.70. The van der Waals surface area contributed by atoms with Crippen LogP contribution < -0.4 is 10.1 Å². The van der Waals surface area contributed by atoms with Gasteiger partial charge in [0.2, 0.25) is 5.91 Å². The number of carbonyl (C=O) groups excluding carboxylic acids is 1. The van der Waals surface area contributed by atoms with Crippen LogP contribution in [0, 0.1) is 24.0 Å². The number of anilines is 1. The maximum Gasteiger partial charge on any atom is 0.273 e. The zero-order valence-electron chi connectivity index (χ0n) is 15.4. The van der Waals surface area contributed by atoms with Gasteiger partial charge in [0, 0.05) is 12.6 Å². The highest BCUT2D eigenvalue weighted by molar-refractivity contribution is 5.93. The molecule has 0 aliphatic heterocycles. The summed E-state index contributed by atoms with van der Waals surface area (Å²) in [5.41, 5.74) is 3.87. The normalized spacial score (nSPS) is 10.7. The second kappa shape index (κ2) is 8.44. The van der Waals surface area contributed by atoms with E-state index >= 15 is 0 Å². The topological polar surface area (TPSA) is 84.7 Å². The molecule has 7 nitrogen and oxygen atoms in total. The molecule has 0 atom stereocenters. The summed E-state index contributed by atoms with van der Waals surface area (Å²) in [6.07, 6.45) is 0. The van der Waals surface area contributed by atoms with E-state index in [2.05, 4.69) is 30.4 Å². The van der Waals surface area contributed by atoms with Crippen LogP contribution in [0.2, 0.25) is 0 Å². The first kappa shape index (κ1) is 19.4. The van der Waals surface area contributed by atoms with Gasteiger partial charge in [0.25, 0.3) is 5.69 Å². The molecule has 26 heavy (non-hydrogen) atoms. The van der Waals surface area contributed by atoms with Crippen molar-refractivity contribution in [1.29, 1.82) is 0 Å². The molecule has 2 rings (SSSR count). The standard InChI is InChI=1S/C19H23N3O4/c1-13-5-6-15(14(2)9-13)11-21(3)12-19(23)20-17-8-7-16(22(24)25)10-18(17)26-4/h5-10H,11-12H2,1-4H3,(H,20,23). The van der Waals surface area contributed by atoms with Gasteiger partial charge in [-0.3, -0.25) is 19.8 Å². The predicted molar refractivity (Wildman–Crippen MR) is 101 cm³/mol. The Morgan fingerprint density at radius 3 is 2.58 bits per heavy atom. The van der Waals surface area contributed by atoms with Crippen molar-refractivity contribution >= 4 is 17.3 Å². The summed E-state index contributed by atoms with van der Waals surface area (Å²) in [5.74, 6) is 0.0361.